The van der Waals surface area contributed by atoms with Crippen LogP contribution in [-0.4, -0.2) is 21.4 Å². The summed E-state index contributed by atoms with van der Waals surface area (Å²) < 4.78 is 32.9. The molecule has 0 spiro atoms. The van der Waals surface area contributed by atoms with Crippen molar-refractivity contribution in [2.75, 3.05) is 7.11 Å². The van der Waals surface area contributed by atoms with Crippen molar-refractivity contribution in [3.63, 3.8) is 0 Å². The van der Waals surface area contributed by atoms with Gasteiger partial charge >= 0.3 is 5.03 Å². The Morgan fingerprint density at radius 1 is 0.889 bits per heavy atom. The van der Waals surface area contributed by atoms with Gasteiger partial charge in [-0.05, 0) is 29.3 Å². The number of hydrogen-bond donors (Lipinski definition) is 3. The Bertz CT molecular complexity index is 902. The molecule has 0 aliphatic carbocycles. The molecule has 0 radical (unpaired) electrons. The number of ether oxygens (including phenoxy) is 2. The van der Waals surface area contributed by atoms with Gasteiger partial charge in [0.2, 0.25) is 6.20 Å². The Balaban J connectivity index is 1.76. The molecule has 2 aromatic carbocycles. The molecule has 27 heavy (non-hydrogen) atoms. The van der Waals surface area contributed by atoms with E-state index in [-0.39, 0.29) is 10.8 Å². The van der Waals surface area contributed by atoms with Crippen LogP contribution in [0.2, 0.25) is 0 Å². The number of methoxy groups -OCH3 is 1. The van der Waals surface area contributed by atoms with Gasteiger partial charge in [0.15, 0.2) is 11.5 Å². The minimum atomic E-state index is -3.22. The second-order valence-electron chi connectivity index (χ2n) is 5.95. The zero-order valence-electron chi connectivity index (χ0n) is 14.9. The summed E-state index contributed by atoms with van der Waals surface area (Å²) in [6.45, 7) is 0.403. The van der Waals surface area contributed by atoms with Gasteiger partial charge in [-0.3, -0.25) is 14.3 Å². The van der Waals surface area contributed by atoms with E-state index in [2.05, 4.69) is 0 Å². The van der Waals surface area contributed by atoms with Gasteiger partial charge in [-0.15, -0.1) is 10.6 Å². The maximum Gasteiger partial charge on any atom is 0.344 e. The number of benzene rings is 2. The van der Waals surface area contributed by atoms with E-state index in [0.717, 1.165) is 10.3 Å². The third-order valence-electron chi connectivity index (χ3n) is 3.97. The highest BCUT2D eigenvalue weighted by molar-refractivity contribution is 8.23. The fraction of sp³-hybridized carbons (Fsp3) is 0.150. The molecule has 3 N–H and O–H groups in total. The molecule has 0 fully saturated rings. The average molecular weight is 388 g/mol. The van der Waals surface area contributed by atoms with Crippen LogP contribution in [-0.2, 0) is 12.4 Å². The van der Waals surface area contributed by atoms with Crippen molar-refractivity contribution >= 4 is 10.6 Å². The fourth-order valence-electron chi connectivity index (χ4n) is 2.64. The number of pyridine rings is 1. The Hall–Kier alpha value is -2.74. The second kappa shape index (κ2) is 8.30. The first-order valence-corrected chi connectivity index (χ1v) is 10.0. The lowest BCUT2D eigenvalue weighted by Gasteiger charge is -2.27. The van der Waals surface area contributed by atoms with Crippen LogP contribution in [0.3, 0.4) is 0 Å². The SMILES string of the molecule is COc1cc(CS(O)(O)c2cccc[n+]2O)ccc1OCc1ccccc1. The molecule has 0 aliphatic heterocycles. The first kappa shape index (κ1) is 19.0. The maximum absolute atomic E-state index is 10.5. The van der Waals surface area contributed by atoms with Crippen LogP contribution in [0, 0.1) is 0 Å². The van der Waals surface area contributed by atoms with Crippen LogP contribution in [0.4, 0.5) is 0 Å². The number of hydrogen-bond acceptors (Lipinski definition) is 5. The van der Waals surface area contributed by atoms with Gasteiger partial charge in [0.25, 0.3) is 0 Å². The lowest BCUT2D eigenvalue weighted by molar-refractivity contribution is -0.933. The smallest absolute Gasteiger partial charge is 0.344 e. The zero-order chi connectivity index (χ0) is 19.3. The summed E-state index contributed by atoms with van der Waals surface area (Å²) >= 11 is 0. The summed E-state index contributed by atoms with van der Waals surface area (Å²) in [5, 5.41) is 9.87. The summed E-state index contributed by atoms with van der Waals surface area (Å²) in [6.07, 6.45) is 1.35. The predicted molar refractivity (Wildman–Crippen MR) is 102 cm³/mol. The Labute approximate surface area is 159 Å². The van der Waals surface area contributed by atoms with E-state index < -0.39 is 10.6 Å². The summed E-state index contributed by atoms with van der Waals surface area (Å²) in [5.74, 6) is 1.02. The number of nitrogens with zero attached hydrogens (tertiary/aromatic N) is 1. The van der Waals surface area contributed by atoms with Crippen molar-refractivity contribution in [3.8, 4) is 11.5 Å². The first-order chi connectivity index (χ1) is 13.0. The van der Waals surface area contributed by atoms with E-state index in [1.165, 1.54) is 19.4 Å². The third-order valence-corrected chi connectivity index (χ3v) is 5.70. The monoisotopic (exact) mass is 388 g/mol. The number of rotatable bonds is 7. The minimum Gasteiger partial charge on any atom is -0.493 e. The molecule has 0 saturated heterocycles. The summed E-state index contributed by atoms with van der Waals surface area (Å²) in [5.41, 5.74) is 1.69. The molecule has 0 bridgehead atoms. The molecule has 142 valence electrons. The van der Waals surface area contributed by atoms with Crippen LogP contribution >= 0.6 is 10.6 Å². The van der Waals surface area contributed by atoms with Crippen molar-refractivity contribution in [2.45, 2.75) is 17.4 Å². The van der Waals surface area contributed by atoms with Gasteiger partial charge in [0, 0.05) is 16.9 Å². The largest absolute Gasteiger partial charge is 0.493 e. The molecule has 6 nitrogen and oxygen atoms in total. The predicted octanol–water partition coefficient (Wildman–Crippen LogP) is 4.11. The van der Waals surface area contributed by atoms with E-state index in [4.69, 9.17) is 9.47 Å². The van der Waals surface area contributed by atoms with E-state index in [1.807, 2.05) is 30.3 Å². The maximum atomic E-state index is 10.5. The van der Waals surface area contributed by atoms with Crippen molar-refractivity contribution in [1.29, 1.82) is 0 Å². The van der Waals surface area contributed by atoms with Gasteiger partial charge < -0.3 is 9.47 Å². The molecular weight excluding hydrogens is 366 g/mol. The van der Waals surface area contributed by atoms with Crippen molar-refractivity contribution in [2.24, 2.45) is 0 Å². The zero-order valence-corrected chi connectivity index (χ0v) is 15.7. The van der Waals surface area contributed by atoms with Gasteiger partial charge in [0.05, 0.1) is 12.9 Å². The average Bonchev–Trinajstić information content (AvgIpc) is 2.67. The molecule has 3 aromatic rings. The third kappa shape index (κ3) is 4.71. The molecule has 1 heterocycles. The topological polar surface area (TPSA) is 83.0 Å². The van der Waals surface area contributed by atoms with Gasteiger partial charge in [0.1, 0.15) is 6.61 Å². The van der Waals surface area contributed by atoms with Crippen molar-refractivity contribution < 1.29 is 28.5 Å². The van der Waals surface area contributed by atoms with Crippen molar-refractivity contribution in [1.82, 2.24) is 0 Å². The standard InChI is InChI=1S/C20H21NO5S/c1-25-19-13-17(15-27(23,24)20-9-5-6-12-21(20)22)10-11-18(19)26-14-16-7-3-2-4-8-16/h2-13H,14-15H2,1H3,(H2-,22,23,24)/p+1. The lowest BCUT2D eigenvalue weighted by atomic mass is 10.2. The molecule has 0 saturated carbocycles. The molecule has 3 rings (SSSR count). The van der Waals surface area contributed by atoms with E-state index >= 15 is 0 Å². The molecule has 1 aromatic heterocycles. The molecule has 0 aliphatic rings. The second-order valence-corrected chi connectivity index (χ2v) is 7.99. The highest BCUT2D eigenvalue weighted by Gasteiger charge is 2.27. The van der Waals surface area contributed by atoms with Crippen LogP contribution in [0.25, 0.3) is 0 Å². The molecule has 0 atom stereocenters. The summed E-state index contributed by atoms with van der Waals surface area (Å²) in [4.78, 5) is 0. The minimum absolute atomic E-state index is 0.0487. The van der Waals surface area contributed by atoms with Crippen LogP contribution < -0.4 is 14.2 Å². The fourth-order valence-corrected chi connectivity index (χ4v) is 4.09. The Morgan fingerprint density at radius 2 is 1.63 bits per heavy atom. The van der Waals surface area contributed by atoms with E-state index in [0.29, 0.717) is 23.7 Å². The van der Waals surface area contributed by atoms with Gasteiger partial charge in [-0.25, -0.2) is 0 Å². The van der Waals surface area contributed by atoms with E-state index in [1.54, 1.807) is 30.3 Å². The highest BCUT2D eigenvalue weighted by Crippen LogP contribution is 2.49. The Kier molecular flexibility index (Phi) is 5.85. The van der Waals surface area contributed by atoms with Gasteiger partial charge in [-0.2, -0.15) is 0 Å². The van der Waals surface area contributed by atoms with Crippen LogP contribution in [0.1, 0.15) is 11.1 Å². The van der Waals surface area contributed by atoms with Crippen molar-refractivity contribution in [3.05, 3.63) is 84.1 Å². The first-order valence-electron chi connectivity index (χ1n) is 8.29. The molecule has 0 unspecified atom stereocenters. The molecular formula is C20H22NO5S+. The highest BCUT2D eigenvalue weighted by atomic mass is 32.3. The van der Waals surface area contributed by atoms with Gasteiger partial charge in [-0.1, -0.05) is 36.4 Å². The molecule has 7 heteroatoms. The summed E-state index contributed by atoms with van der Waals surface area (Å²) in [6, 6.07) is 19.7. The Morgan fingerprint density at radius 3 is 2.33 bits per heavy atom. The molecule has 0 amide bonds. The lowest BCUT2D eigenvalue weighted by Crippen LogP contribution is -2.35. The quantitative estimate of drug-likeness (QED) is 0.419. The van der Waals surface area contributed by atoms with Crippen LogP contribution in [0.5, 0.6) is 11.5 Å². The van der Waals surface area contributed by atoms with E-state index in [9.17, 15) is 14.3 Å². The number of aromatic nitrogens is 1. The van der Waals surface area contributed by atoms with Crippen LogP contribution in [0.15, 0.2) is 78.0 Å². The summed E-state index contributed by atoms with van der Waals surface area (Å²) in [7, 11) is -1.69. The normalized spacial score (nSPS) is 11.8.